The summed E-state index contributed by atoms with van der Waals surface area (Å²) in [5.41, 5.74) is 4.13. The van der Waals surface area contributed by atoms with Crippen LogP contribution in [-0.2, 0) is 0 Å². The summed E-state index contributed by atoms with van der Waals surface area (Å²) in [6.07, 6.45) is 1.84. The molecule has 0 saturated heterocycles. The highest BCUT2D eigenvalue weighted by molar-refractivity contribution is 6.27. The zero-order valence-electron chi connectivity index (χ0n) is 13.9. The largest absolute Gasteiger partial charge is 0.456 e. The number of pyridine rings is 1. The summed E-state index contributed by atoms with van der Waals surface area (Å²) in [4.78, 5) is 4.59. The Morgan fingerprint density at radius 2 is 1.42 bits per heavy atom. The molecule has 0 N–H and O–H groups in total. The molecule has 0 unspecified atom stereocenters. The van der Waals surface area contributed by atoms with Gasteiger partial charge in [0, 0.05) is 27.7 Å². The van der Waals surface area contributed by atoms with Crippen LogP contribution >= 0.6 is 0 Å². The minimum absolute atomic E-state index is 0.919. The lowest BCUT2D eigenvalue weighted by molar-refractivity contribution is 0.669. The Morgan fingerprint density at radius 1 is 0.615 bits per heavy atom. The predicted molar refractivity (Wildman–Crippen MR) is 106 cm³/mol. The zero-order chi connectivity index (χ0) is 17.1. The molecule has 0 spiro atoms. The fraction of sp³-hybridized carbons (Fsp3) is 0. The Morgan fingerprint density at radius 3 is 2.31 bits per heavy atom. The fourth-order valence-electron chi connectivity index (χ4n) is 4.01. The maximum atomic E-state index is 6.10. The molecule has 0 radical (unpaired) electrons. The molecule has 0 atom stereocenters. The lowest BCUT2D eigenvalue weighted by Crippen LogP contribution is -1.95. The quantitative estimate of drug-likeness (QED) is 0.365. The van der Waals surface area contributed by atoms with E-state index in [1.807, 2.05) is 36.5 Å². The molecule has 3 nitrogen and oxygen atoms in total. The molecule has 6 aromatic rings. The highest BCUT2D eigenvalue weighted by atomic mass is 16.3. The monoisotopic (exact) mass is 334 g/mol. The van der Waals surface area contributed by atoms with Crippen molar-refractivity contribution in [2.24, 2.45) is 0 Å². The van der Waals surface area contributed by atoms with E-state index in [-0.39, 0.29) is 0 Å². The van der Waals surface area contributed by atoms with E-state index in [0.717, 1.165) is 33.4 Å². The molecule has 0 aliphatic carbocycles. The fourth-order valence-corrected chi connectivity index (χ4v) is 4.01. The summed E-state index contributed by atoms with van der Waals surface area (Å²) < 4.78 is 8.33. The highest BCUT2D eigenvalue weighted by Gasteiger charge is 2.18. The number of fused-ring (bicyclic) bond motifs is 7. The van der Waals surface area contributed by atoms with Crippen molar-refractivity contribution in [2.75, 3.05) is 0 Å². The van der Waals surface area contributed by atoms with E-state index >= 15 is 0 Å². The molecule has 0 amide bonds. The highest BCUT2D eigenvalue weighted by Crippen LogP contribution is 2.40. The minimum atomic E-state index is 0.919. The van der Waals surface area contributed by atoms with E-state index in [1.165, 1.54) is 16.2 Å². The maximum absolute atomic E-state index is 6.10. The van der Waals surface area contributed by atoms with E-state index < -0.39 is 0 Å². The number of para-hydroxylation sites is 2. The zero-order valence-corrected chi connectivity index (χ0v) is 13.9. The van der Waals surface area contributed by atoms with Gasteiger partial charge in [0.1, 0.15) is 17.0 Å². The summed E-state index contributed by atoms with van der Waals surface area (Å²) in [6.45, 7) is 0. The minimum Gasteiger partial charge on any atom is -0.456 e. The first-order valence-corrected chi connectivity index (χ1v) is 8.66. The van der Waals surface area contributed by atoms with E-state index in [4.69, 9.17) is 4.42 Å². The second kappa shape index (κ2) is 4.96. The van der Waals surface area contributed by atoms with Gasteiger partial charge in [-0.1, -0.05) is 42.5 Å². The predicted octanol–water partition coefficient (Wildman–Crippen LogP) is 6.08. The van der Waals surface area contributed by atoms with Gasteiger partial charge in [-0.15, -0.1) is 0 Å². The van der Waals surface area contributed by atoms with Crippen LogP contribution in [0.4, 0.5) is 0 Å². The Bertz CT molecular complexity index is 1420. The Balaban J connectivity index is 1.92. The first kappa shape index (κ1) is 13.7. The number of furan rings is 1. The van der Waals surface area contributed by atoms with Gasteiger partial charge in [0.15, 0.2) is 0 Å². The van der Waals surface area contributed by atoms with Crippen LogP contribution in [0.2, 0.25) is 0 Å². The molecule has 0 saturated carbocycles. The third-order valence-corrected chi connectivity index (χ3v) is 5.06. The van der Waals surface area contributed by atoms with Crippen LogP contribution in [0.1, 0.15) is 0 Å². The van der Waals surface area contributed by atoms with Crippen molar-refractivity contribution in [1.29, 1.82) is 0 Å². The number of hydrogen-bond acceptors (Lipinski definition) is 2. The Labute approximate surface area is 149 Å². The van der Waals surface area contributed by atoms with Crippen molar-refractivity contribution in [2.45, 2.75) is 0 Å². The van der Waals surface area contributed by atoms with Gasteiger partial charge in [-0.25, -0.2) is 4.98 Å². The standard InChI is InChI=1S/C23H14N2O/c1-3-9-17-15(7-1)22-18(25(17)21-11-5-6-14-24-21)12-13-20-23(22)16-8-2-4-10-19(16)26-20/h1-14H. The molecule has 0 bridgehead atoms. The van der Waals surface area contributed by atoms with Crippen LogP contribution in [0.25, 0.3) is 49.6 Å². The molecule has 3 aromatic carbocycles. The van der Waals surface area contributed by atoms with Gasteiger partial charge in [-0.3, -0.25) is 4.57 Å². The molecule has 3 heterocycles. The van der Waals surface area contributed by atoms with Gasteiger partial charge in [-0.2, -0.15) is 0 Å². The third kappa shape index (κ3) is 1.69. The molecule has 3 aromatic heterocycles. The molecule has 3 heteroatoms. The SMILES string of the molecule is c1ccc(-n2c3ccccc3c3c4c(ccc32)oc2ccccc24)nc1. The van der Waals surface area contributed by atoms with Crippen molar-refractivity contribution in [3.05, 3.63) is 85.1 Å². The van der Waals surface area contributed by atoms with Gasteiger partial charge >= 0.3 is 0 Å². The normalized spacial score (nSPS) is 11.8. The first-order chi connectivity index (χ1) is 12.9. The molecule has 0 aliphatic heterocycles. The lowest BCUT2D eigenvalue weighted by atomic mass is 10.1. The van der Waals surface area contributed by atoms with Crippen LogP contribution < -0.4 is 0 Å². The third-order valence-electron chi connectivity index (χ3n) is 5.06. The first-order valence-electron chi connectivity index (χ1n) is 8.66. The van der Waals surface area contributed by atoms with Crippen molar-refractivity contribution >= 4 is 43.7 Å². The summed E-state index contributed by atoms with van der Waals surface area (Å²) >= 11 is 0. The van der Waals surface area contributed by atoms with Gasteiger partial charge in [0.05, 0.1) is 11.0 Å². The van der Waals surface area contributed by atoms with Gasteiger partial charge in [0.2, 0.25) is 0 Å². The van der Waals surface area contributed by atoms with Crippen LogP contribution in [0.5, 0.6) is 0 Å². The molecular weight excluding hydrogens is 320 g/mol. The molecule has 26 heavy (non-hydrogen) atoms. The summed E-state index contributed by atoms with van der Waals surface area (Å²) in [7, 11) is 0. The number of nitrogens with zero attached hydrogens (tertiary/aromatic N) is 2. The van der Waals surface area contributed by atoms with Crippen molar-refractivity contribution in [1.82, 2.24) is 9.55 Å². The molecule has 6 rings (SSSR count). The number of rotatable bonds is 1. The molecular formula is C23H14N2O. The van der Waals surface area contributed by atoms with E-state index in [2.05, 4.69) is 58.1 Å². The second-order valence-electron chi connectivity index (χ2n) is 6.47. The van der Waals surface area contributed by atoms with Gasteiger partial charge < -0.3 is 4.42 Å². The lowest BCUT2D eigenvalue weighted by Gasteiger charge is -2.05. The molecule has 0 fully saturated rings. The van der Waals surface area contributed by atoms with Crippen molar-refractivity contribution < 1.29 is 4.42 Å². The van der Waals surface area contributed by atoms with Crippen LogP contribution in [0.15, 0.2) is 89.5 Å². The average molecular weight is 334 g/mol. The number of hydrogen-bond donors (Lipinski definition) is 0. The summed E-state index contributed by atoms with van der Waals surface area (Å²) in [5.74, 6) is 0.922. The van der Waals surface area contributed by atoms with E-state index in [0.29, 0.717) is 0 Å². The Kier molecular flexibility index (Phi) is 2.61. The Hall–Kier alpha value is -3.59. The molecule has 0 aliphatic rings. The second-order valence-corrected chi connectivity index (χ2v) is 6.47. The van der Waals surface area contributed by atoms with Crippen molar-refractivity contribution in [3.8, 4) is 5.82 Å². The van der Waals surface area contributed by atoms with Crippen LogP contribution in [0.3, 0.4) is 0 Å². The van der Waals surface area contributed by atoms with Gasteiger partial charge in [0.25, 0.3) is 0 Å². The molecule has 122 valence electrons. The van der Waals surface area contributed by atoms with Crippen molar-refractivity contribution in [3.63, 3.8) is 0 Å². The summed E-state index contributed by atoms with van der Waals surface area (Å²) in [6, 6.07) is 26.9. The number of benzene rings is 3. The topological polar surface area (TPSA) is 31.0 Å². The van der Waals surface area contributed by atoms with Crippen LogP contribution in [0, 0.1) is 0 Å². The van der Waals surface area contributed by atoms with Gasteiger partial charge in [-0.05, 0) is 36.4 Å². The number of aromatic nitrogens is 2. The smallest absolute Gasteiger partial charge is 0.137 e. The van der Waals surface area contributed by atoms with E-state index in [1.54, 1.807) is 0 Å². The maximum Gasteiger partial charge on any atom is 0.137 e. The average Bonchev–Trinajstić information content (AvgIpc) is 3.24. The van der Waals surface area contributed by atoms with Crippen LogP contribution in [-0.4, -0.2) is 9.55 Å². The summed E-state index contributed by atoms with van der Waals surface area (Å²) in [5, 5.41) is 4.75. The van der Waals surface area contributed by atoms with E-state index in [9.17, 15) is 0 Å².